The van der Waals surface area contributed by atoms with E-state index >= 15 is 0 Å². The molecule has 0 unspecified atom stereocenters. The van der Waals surface area contributed by atoms with Crippen LogP contribution in [0.4, 0.5) is 5.69 Å². The number of sulfonamides is 1. The Labute approximate surface area is 153 Å². The fraction of sp³-hybridized carbons (Fsp3) is 0.211. The summed E-state index contributed by atoms with van der Waals surface area (Å²) < 4.78 is 31.5. The molecule has 0 aliphatic heterocycles. The summed E-state index contributed by atoms with van der Waals surface area (Å²) in [7, 11) is -0.942. The molecule has 2 aromatic rings. The van der Waals surface area contributed by atoms with Crippen molar-refractivity contribution in [3.63, 3.8) is 0 Å². The lowest BCUT2D eigenvalue weighted by Gasteiger charge is -2.09. The predicted molar refractivity (Wildman–Crippen MR) is 103 cm³/mol. The van der Waals surface area contributed by atoms with E-state index in [-0.39, 0.29) is 16.6 Å². The molecule has 2 N–H and O–H groups in total. The monoisotopic (exact) mass is 374 g/mol. The molecule has 26 heavy (non-hydrogen) atoms. The molecular weight excluding hydrogens is 352 g/mol. The summed E-state index contributed by atoms with van der Waals surface area (Å²) >= 11 is 0. The predicted octanol–water partition coefficient (Wildman–Crippen LogP) is 2.87. The normalized spacial score (nSPS) is 11.5. The van der Waals surface area contributed by atoms with Gasteiger partial charge in [0.1, 0.15) is 10.6 Å². The van der Waals surface area contributed by atoms with Gasteiger partial charge in [-0.25, -0.2) is 13.1 Å². The van der Waals surface area contributed by atoms with E-state index in [1.54, 1.807) is 18.2 Å². The molecule has 0 saturated carbocycles. The number of nitrogens with one attached hydrogen (secondary N) is 2. The number of methoxy groups -OCH3 is 1. The number of ether oxygens (including phenoxy) is 1. The second-order valence-electron chi connectivity index (χ2n) is 5.76. The number of rotatable bonds is 6. The lowest BCUT2D eigenvalue weighted by molar-refractivity contribution is -0.111. The molecule has 7 heteroatoms. The Bertz CT molecular complexity index is 950. The smallest absolute Gasteiger partial charge is 0.248 e. The van der Waals surface area contributed by atoms with Crippen molar-refractivity contribution in [3.8, 4) is 5.75 Å². The maximum atomic E-state index is 12.1. The number of hydrogen-bond donors (Lipinski definition) is 2. The number of aryl methyl sites for hydroxylation is 2. The van der Waals surface area contributed by atoms with Crippen LogP contribution in [-0.4, -0.2) is 28.5 Å². The fourth-order valence-corrected chi connectivity index (χ4v) is 3.34. The van der Waals surface area contributed by atoms with Gasteiger partial charge in [-0.3, -0.25) is 4.79 Å². The van der Waals surface area contributed by atoms with E-state index in [4.69, 9.17) is 4.74 Å². The van der Waals surface area contributed by atoms with E-state index in [0.29, 0.717) is 5.56 Å². The Morgan fingerprint density at radius 3 is 2.46 bits per heavy atom. The first kappa shape index (κ1) is 19.7. The van der Waals surface area contributed by atoms with Crippen LogP contribution in [0.15, 0.2) is 47.4 Å². The van der Waals surface area contributed by atoms with Crippen molar-refractivity contribution in [2.45, 2.75) is 18.7 Å². The largest absolute Gasteiger partial charge is 0.495 e. The van der Waals surface area contributed by atoms with Crippen molar-refractivity contribution < 1.29 is 17.9 Å². The number of hydrogen-bond acceptors (Lipinski definition) is 4. The van der Waals surface area contributed by atoms with Gasteiger partial charge in [0.2, 0.25) is 15.9 Å². The molecule has 0 aromatic heterocycles. The Kier molecular flexibility index (Phi) is 6.18. The molecule has 0 bridgehead atoms. The Morgan fingerprint density at radius 1 is 1.12 bits per heavy atom. The van der Waals surface area contributed by atoms with Crippen LogP contribution in [0.5, 0.6) is 5.75 Å². The molecule has 0 radical (unpaired) electrons. The first-order chi connectivity index (χ1) is 12.3. The van der Waals surface area contributed by atoms with Crippen molar-refractivity contribution in [1.82, 2.24) is 4.72 Å². The lowest BCUT2D eigenvalue weighted by atomic mass is 10.1. The van der Waals surface area contributed by atoms with Crippen molar-refractivity contribution in [2.75, 3.05) is 19.5 Å². The maximum Gasteiger partial charge on any atom is 0.248 e. The molecule has 0 saturated heterocycles. The minimum atomic E-state index is -3.67. The molecule has 6 nitrogen and oxygen atoms in total. The van der Waals surface area contributed by atoms with Gasteiger partial charge in [-0.2, -0.15) is 0 Å². The summed E-state index contributed by atoms with van der Waals surface area (Å²) in [5, 5.41) is 2.81. The van der Waals surface area contributed by atoms with Gasteiger partial charge in [0.15, 0.2) is 0 Å². The van der Waals surface area contributed by atoms with Gasteiger partial charge in [0.05, 0.1) is 7.11 Å². The third-order valence-electron chi connectivity index (χ3n) is 3.81. The molecule has 0 aliphatic carbocycles. The van der Waals surface area contributed by atoms with Crippen LogP contribution >= 0.6 is 0 Å². The number of amides is 1. The SMILES string of the molecule is CNS(=O)(=O)c1cc(/C=C/C(=O)Nc2ccc(C)cc2C)ccc1OC. The lowest BCUT2D eigenvalue weighted by Crippen LogP contribution is -2.19. The highest BCUT2D eigenvalue weighted by atomic mass is 32.2. The standard InChI is InChI=1S/C19H22N2O4S/c1-13-5-8-16(14(2)11-13)21-19(22)10-7-15-6-9-17(25-4)18(12-15)26(23,24)20-3/h5-12,20H,1-4H3,(H,21,22)/b10-7+. The van der Waals surface area contributed by atoms with Gasteiger partial charge >= 0.3 is 0 Å². The van der Waals surface area contributed by atoms with Gasteiger partial charge in [-0.15, -0.1) is 0 Å². The highest BCUT2D eigenvalue weighted by Crippen LogP contribution is 2.25. The summed E-state index contributed by atoms with van der Waals surface area (Å²) in [5.41, 5.74) is 3.39. The molecule has 1 amide bonds. The molecule has 0 fully saturated rings. The molecule has 2 aromatic carbocycles. The fourth-order valence-electron chi connectivity index (χ4n) is 2.42. The number of benzene rings is 2. The molecule has 2 rings (SSSR count). The molecule has 0 aliphatic rings. The van der Waals surface area contributed by atoms with Gasteiger partial charge in [0.25, 0.3) is 0 Å². The van der Waals surface area contributed by atoms with Crippen molar-refractivity contribution in [1.29, 1.82) is 0 Å². The van der Waals surface area contributed by atoms with Crippen LogP contribution in [0.25, 0.3) is 6.08 Å². The summed E-state index contributed by atoms with van der Waals surface area (Å²) in [6.07, 6.45) is 2.91. The average molecular weight is 374 g/mol. The van der Waals surface area contributed by atoms with Crippen LogP contribution in [-0.2, 0) is 14.8 Å². The van der Waals surface area contributed by atoms with Gasteiger partial charge in [-0.05, 0) is 56.3 Å². The van der Waals surface area contributed by atoms with Crippen LogP contribution in [0.1, 0.15) is 16.7 Å². The van der Waals surface area contributed by atoms with E-state index in [2.05, 4.69) is 10.0 Å². The van der Waals surface area contributed by atoms with E-state index < -0.39 is 10.0 Å². The van der Waals surface area contributed by atoms with E-state index in [1.165, 1.54) is 26.3 Å². The minimum absolute atomic E-state index is 0.0134. The summed E-state index contributed by atoms with van der Waals surface area (Å²) in [5.74, 6) is -0.0676. The average Bonchev–Trinajstić information content (AvgIpc) is 2.62. The second-order valence-corrected chi connectivity index (χ2v) is 7.61. The maximum absolute atomic E-state index is 12.1. The quantitative estimate of drug-likeness (QED) is 0.762. The molecule has 0 atom stereocenters. The summed E-state index contributed by atoms with van der Waals surface area (Å²) in [4.78, 5) is 12.1. The highest BCUT2D eigenvalue weighted by molar-refractivity contribution is 7.89. The Morgan fingerprint density at radius 2 is 1.85 bits per heavy atom. The van der Waals surface area contributed by atoms with Gasteiger partial charge in [-0.1, -0.05) is 23.8 Å². The minimum Gasteiger partial charge on any atom is -0.495 e. The van der Waals surface area contributed by atoms with Crippen molar-refractivity contribution in [3.05, 3.63) is 59.2 Å². The number of anilines is 1. The van der Waals surface area contributed by atoms with Crippen molar-refractivity contribution >= 4 is 27.7 Å². The van der Waals surface area contributed by atoms with Gasteiger partial charge < -0.3 is 10.1 Å². The molecule has 138 valence electrons. The van der Waals surface area contributed by atoms with Crippen molar-refractivity contribution in [2.24, 2.45) is 0 Å². The van der Waals surface area contributed by atoms with Crippen LogP contribution in [0.2, 0.25) is 0 Å². The van der Waals surface area contributed by atoms with Crippen LogP contribution in [0, 0.1) is 13.8 Å². The van der Waals surface area contributed by atoms with E-state index in [0.717, 1.165) is 16.8 Å². The zero-order valence-electron chi connectivity index (χ0n) is 15.2. The first-order valence-electron chi connectivity index (χ1n) is 7.94. The third-order valence-corrected chi connectivity index (χ3v) is 5.25. The van der Waals surface area contributed by atoms with E-state index in [1.807, 2.05) is 32.0 Å². The van der Waals surface area contributed by atoms with E-state index in [9.17, 15) is 13.2 Å². The Hall–Kier alpha value is -2.64. The zero-order chi connectivity index (χ0) is 19.3. The summed E-state index contributed by atoms with van der Waals surface area (Å²) in [6.45, 7) is 3.91. The van der Waals surface area contributed by atoms with Gasteiger partial charge in [0, 0.05) is 11.8 Å². The molecule has 0 spiro atoms. The zero-order valence-corrected chi connectivity index (χ0v) is 16.0. The number of carbonyl (C=O) groups is 1. The summed E-state index contributed by atoms with van der Waals surface area (Å²) in [6, 6.07) is 10.4. The molecular formula is C19H22N2O4S. The van der Waals surface area contributed by atoms with Crippen LogP contribution < -0.4 is 14.8 Å². The van der Waals surface area contributed by atoms with Crippen LogP contribution in [0.3, 0.4) is 0 Å². The second kappa shape index (κ2) is 8.16. The Balaban J connectivity index is 2.22. The highest BCUT2D eigenvalue weighted by Gasteiger charge is 2.17. The molecule has 0 heterocycles. The topological polar surface area (TPSA) is 84.5 Å². The first-order valence-corrected chi connectivity index (χ1v) is 9.43. The third kappa shape index (κ3) is 4.71. The number of carbonyl (C=O) groups excluding carboxylic acids is 1.